The molecule has 3 heterocycles. The minimum absolute atomic E-state index is 0.309. The fourth-order valence-electron chi connectivity index (χ4n) is 2.43. The summed E-state index contributed by atoms with van der Waals surface area (Å²) in [7, 11) is 0. The number of nitrogens with one attached hydrogen (secondary N) is 1. The van der Waals surface area contributed by atoms with Crippen molar-refractivity contribution in [2.24, 2.45) is 0 Å². The van der Waals surface area contributed by atoms with Gasteiger partial charge in [-0.15, -0.1) is 0 Å². The predicted octanol–water partition coefficient (Wildman–Crippen LogP) is 2.03. The lowest BCUT2D eigenvalue weighted by molar-refractivity contribution is -0.139. The van der Waals surface area contributed by atoms with E-state index in [1.807, 2.05) is 26.0 Å². The number of allylic oxidation sites excluding steroid dienone is 1. The van der Waals surface area contributed by atoms with Crippen LogP contribution in [-0.4, -0.2) is 27.3 Å². The molecule has 0 aromatic carbocycles. The molecule has 110 valence electrons. The molecule has 0 saturated heterocycles. The number of furan rings is 1. The Morgan fingerprint density at radius 1 is 1.48 bits per heavy atom. The molecule has 0 bridgehead atoms. The van der Waals surface area contributed by atoms with Crippen LogP contribution in [0.1, 0.15) is 31.4 Å². The quantitative estimate of drug-likeness (QED) is 0.870. The van der Waals surface area contributed by atoms with Gasteiger partial charge in [0.15, 0.2) is 0 Å². The van der Waals surface area contributed by atoms with Crippen LogP contribution >= 0.6 is 0 Å². The SMILES string of the molecule is CCOC(=O)C1=C(C)Nc2ncnn2C1c1ccc(C)o1. The van der Waals surface area contributed by atoms with Crippen molar-refractivity contribution >= 4 is 11.9 Å². The summed E-state index contributed by atoms with van der Waals surface area (Å²) < 4.78 is 12.5. The molecule has 0 saturated carbocycles. The number of aromatic nitrogens is 3. The molecule has 0 radical (unpaired) electrons. The summed E-state index contributed by atoms with van der Waals surface area (Å²) >= 11 is 0. The predicted molar refractivity (Wildman–Crippen MR) is 74.6 cm³/mol. The molecule has 0 fully saturated rings. The van der Waals surface area contributed by atoms with Crippen molar-refractivity contribution in [3.63, 3.8) is 0 Å². The Morgan fingerprint density at radius 3 is 2.95 bits per heavy atom. The van der Waals surface area contributed by atoms with Gasteiger partial charge in [-0.2, -0.15) is 10.1 Å². The average Bonchev–Trinajstić information content (AvgIpc) is 3.05. The third-order valence-corrected chi connectivity index (χ3v) is 3.32. The number of esters is 1. The maximum absolute atomic E-state index is 12.3. The Bertz CT molecular complexity index is 713. The highest BCUT2D eigenvalue weighted by Crippen LogP contribution is 2.35. The summed E-state index contributed by atoms with van der Waals surface area (Å²) in [6, 6.07) is 3.21. The summed E-state index contributed by atoms with van der Waals surface area (Å²) in [4.78, 5) is 16.4. The minimum atomic E-state index is -0.475. The zero-order valence-electron chi connectivity index (χ0n) is 12.1. The van der Waals surface area contributed by atoms with Gasteiger partial charge < -0.3 is 14.5 Å². The first-order valence-electron chi connectivity index (χ1n) is 6.72. The number of rotatable bonds is 3. The normalized spacial score (nSPS) is 17.4. The molecule has 0 amide bonds. The van der Waals surface area contributed by atoms with Crippen LogP contribution in [0, 0.1) is 6.92 Å². The van der Waals surface area contributed by atoms with Gasteiger partial charge in [0, 0.05) is 5.70 Å². The molecule has 1 atom stereocenters. The Hall–Kier alpha value is -2.57. The van der Waals surface area contributed by atoms with Crippen molar-refractivity contribution in [2.45, 2.75) is 26.8 Å². The molecule has 21 heavy (non-hydrogen) atoms. The number of hydrogen-bond acceptors (Lipinski definition) is 6. The molecule has 0 spiro atoms. The number of carbonyl (C=O) groups is 1. The maximum atomic E-state index is 12.3. The van der Waals surface area contributed by atoms with Gasteiger partial charge >= 0.3 is 5.97 Å². The molecule has 0 aliphatic carbocycles. The van der Waals surface area contributed by atoms with Gasteiger partial charge in [0.25, 0.3) is 0 Å². The van der Waals surface area contributed by atoms with E-state index in [-0.39, 0.29) is 5.97 Å². The minimum Gasteiger partial charge on any atom is -0.464 e. The van der Waals surface area contributed by atoms with Gasteiger partial charge in [-0.25, -0.2) is 9.48 Å². The Balaban J connectivity index is 2.13. The molecule has 3 rings (SSSR count). The van der Waals surface area contributed by atoms with Crippen LogP contribution in [0.4, 0.5) is 5.95 Å². The molecule has 7 heteroatoms. The Kier molecular flexibility index (Phi) is 3.25. The van der Waals surface area contributed by atoms with Crippen molar-refractivity contribution in [1.29, 1.82) is 0 Å². The second kappa shape index (κ2) is 5.08. The zero-order valence-corrected chi connectivity index (χ0v) is 12.1. The van der Waals surface area contributed by atoms with Gasteiger partial charge in [-0.3, -0.25) is 0 Å². The monoisotopic (exact) mass is 288 g/mol. The van der Waals surface area contributed by atoms with Crippen molar-refractivity contribution in [1.82, 2.24) is 14.8 Å². The number of carbonyl (C=O) groups excluding carboxylic acids is 1. The third kappa shape index (κ3) is 2.20. The molecule has 1 N–H and O–H groups in total. The first kappa shape index (κ1) is 13.4. The number of aryl methyl sites for hydroxylation is 1. The second-order valence-corrected chi connectivity index (χ2v) is 4.76. The van der Waals surface area contributed by atoms with Crippen LogP contribution in [0.3, 0.4) is 0 Å². The summed E-state index contributed by atoms with van der Waals surface area (Å²) in [6.45, 7) is 5.75. The fourth-order valence-corrected chi connectivity index (χ4v) is 2.43. The second-order valence-electron chi connectivity index (χ2n) is 4.76. The highest BCUT2D eigenvalue weighted by atomic mass is 16.5. The molecule has 1 aliphatic heterocycles. The maximum Gasteiger partial charge on any atom is 0.338 e. The number of ether oxygens (including phenoxy) is 1. The summed E-state index contributed by atoms with van der Waals surface area (Å²) in [5, 5.41) is 7.25. The number of fused-ring (bicyclic) bond motifs is 1. The van der Waals surface area contributed by atoms with E-state index in [0.29, 0.717) is 29.6 Å². The van der Waals surface area contributed by atoms with Crippen LogP contribution in [0.5, 0.6) is 0 Å². The third-order valence-electron chi connectivity index (χ3n) is 3.32. The highest BCUT2D eigenvalue weighted by molar-refractivity contribution is 5.92. The standard InChI is InChI=1S/C14H16N4O3/c1-4-20-13(19)11-9(3)17-14-15-7-16-18(14)12(11)10-6-5-8(2)21-10/h5-7,12H,4H2,1-3H3,(H,15,16,17). The van der Waals surface area contributed by atoms with E-state index >= 15 is 0 Å². The van der Waals surface area contributed by atoms with Gasteiger partial charge in [-0.1, -0.05) is 0 Å². The summed E-state index contributed by atoms with van der Waals surface area (Å²) in [5.74, 6) is 1.58. The van der Waals surface area contributed by atoms with Gasteiger partial charge in [-0.05, 0) is 32.9 Å². The molecular weight excluding hydrogens is 272 g/mol. The van der Waals surface area contributed by atoms with Crippen molar-refractivity contribution in [3.05, 3.63) is 41.3 Å². The first-order chi connectivity index (χ1) is 10.1. The lowest BCUT2D eigenvalue weighted by Gasteiger charge is -2.26. The van der Waals surface area contributed by atoms with Crippen LogP contribution in [0.2, 0.25) is 0 Å². The Labute approximate surface area is 121 Å². The summed E-state index contributed by atoms with van der Waals surface area (Å²) in [6.07, 6.45) is 1.44. The van der Waals surface area contributed by atoms with Crippen LogP contribution in [0.25, 0.3) is 0 Å². The van der Waals surface area contributed by atoms with Crippen LogP contribution in [-0.2, 0) is 9.53 Å². The van der Waals surface area contributed by atoms with Crippen LogP contribution < -0.4 is 5.32 Å². The van der Waals surface area contributed by atoms with Crippen LogP contribution in [0.15, 0.2) is 34.1 Å². The largest absolute Gasteiger partial charge is 0.464 e. The number of hydrogen-bond donors (Lipinski definition) is 1. The topological polar surface area (TPSA) is 82.2 Å². The van der Waals surface area contributed by atoms with E-state index in [1.54, 1.807) is 11.6 Å². The first-order valence-corrected chi connectivity index (χ1v) is 6.72. The summed E-state index contributed by atoms with van der Waals surface area (Å²) in [5.41, 5.74) is 1.16. The van der Waals surface area contributed by atoms with Crippen molar-refractivity contribution < 1.29 is 13.9 Å². The number of anilines is 1. The van der Waals surface area contributed by atoms with Crippen molar-refractivity contribution in [3.8, 4) is 0 Å². The van der Waals surface area contributed by atoms with E-state index in [4.69, 9.17) is 9.15 Å². The Morgan fingerprint density at radius 2 is 2.29 bits per heavy atom. The molecule has 2 aromatic rings. The van der Waals surface area contributed by atoms with Gasteiger partial charge in [0.05, 0.1) is 12.2 Å². The highest BCUT2D eigenvalue weighted by Gasteiger charge is 2.36. The van der Waals surface area contributed by atoms with E-state index in [1.165, 1.54) is 6.33 Å². The van der Waals surface area contributed by atoms with E-state index in [2.05, 4.69) is 15.4 Å². The molecule has 1 aliphatic rings. The fraction of sp³-hybridized carbons (Fsp3) is 0.357. The van der Waals surface area contributed by atoms with Gasteiger partial charge in [0.1, 0.15) is 23.9 Å². The zero-order chi connectivity index (χ0) is 15.0. The van der Waals surface area contributed by atoms with Gasteiger partial charge in [0.2, 0.25) is 5.95 Å². The van der Waals surface area contributed by atoms with E-state index in [9.17, 15) is 4.79 Å². The lowest BCUT2D eigenvalue weighted by Crippen LogP contribution is -2.29. The average molecular weight is 288 g/mol. The molecule has 1 unspecified atom stereocenters. The lowest BCUT2D eigenvalue weighted by atomic mass is 10.0. The smallest absolute Gasteiger partial charge is 0.338 e. The molecular formula is C14H16N4O3. The van der Waals surface area contributed by atoms with E-state index in [0.717, 1.165) is 5.76 Å². The molecule has 2 aromatic heterocycles. The molecule has 7 nitrogen and oxygen atoms in total. The van der Waals surface area contributed by atoms with Crippen molar-refractivity contribution in [2.75, 3.05) is 11.9 Å². The number of nitrogens with zero attached hydrogens (tertiary/aromatic N) is 3. The van der Waals surface area contributed by atoms with E-state index < -0.39 is 6.04 Å².